The molecule has 1 aliphatic heterocycles. The van der Waals surface area contributed by atoms with Crippen LogP contribution in [-0.2, 0) is 19.0 Å². The van der Waals surface area contributed by atoms with Crippen molar-refractivity contribution in [3.63, 3.8) is 0 Å². The lowest BCUT2D eigenvalue weighted by Crippen LogP contribution is -2.48. The highest BCUT2D eigenvalue weighted by molar-refractivity contribution is 5.67. The lowest BCUT2D eigenvalue weighted by molar-refractivity contribution is -0.226. The molecule has 7 heteroatoms. The molecule has 2 N–H and O–H groups in total. The molecule has 1 heterocycles. The molecular formula is C15H26N2O5. The number of alkyl carbamates (subject to hydrolysis) is 1. The van der Waals surface area contributed by atoms with E-state index < -0.39 is 12.4 Å². The molecule has 22 heavy (non-hydrogen) atoms. The number of esters is 1. The van der Waals surface area contributed by atoms with E-state index in [2.05, 4.69) is 17.2 Å². The summed E-state index contributed by atoms with van der Waals surface area (Å²) in [6.07, 6.45) is 0.923. The van der Waals surface area contributed by atoms with E-state index in [0.29, 0.717) is 12.5 Å². The van der Waals surface area contributed by atoms with E-state index in [-0.39, 0.29) is 24.6 Å². The molecule has 7 nitrogen and oxygen atoms in total. The van der Waals surface area contributed by atoms with Crippen LogP contribution in [0.4, 0.5) is 4.79 Å². The minimum atomic E-state index is -0.597. The van der Waals surface area contributed by atoms with Crippen molar-refractivity contribution in [2.24, 2.45) is 11.8 Å². The van der Waals surface area contributed by atoms with Gasteiger partial charge in [0.15, 0.2) is 0 Å². The highest BCUT2D eigenvalue weighted by Crippen LogP contribution is 2.30. The highest BCUT2D eigenvalue weighted by atomic mass is 16.7. The number of amides is 1. The third kappa shape index (κ3) is 6.03. The monoisotopic (exact) mass is 314 g/mol. The van der Waals surface area contributed by atoms with Gasteiger partial charge < -0.3 is 24.8 Å². The maximum atomic E-state index is 11.4. The summed E-state index contributed by atoms with van der Waals surface area (Å²) in [6, 6.07) is 0. The molecule has 1 aliphatic rings. The average molecular weight is 314 g/mol. The van der Waals surface area contributed by atoms with Crippen molar-refractivity contribution in [3.05, 3.63) is 12.7 Å². The van der Waals surface area contributed by atoms with E-state index in [1.54, 1.807) is 0 Å². The molecule has 126 valence electrons. The van der Waals surface area contributed by atoms with Crippen molar-refractivity contribution in [1.82, 2.24) is 10.6 Å². The maximum absolute atomic E-state index is 11.4. The SMILES string of the molecule is C=CCOC(=O)NCC1CC(CNC)[C@H](C)C(OC(C)=O)O1. The second-order valence-corrected chi connectivity index (χ2v) is 5.42. The van der Waals surface area contributed by atoms with E-state index >= 15 is 0 Å². The van der Waals surface area contributed by atoms with Crippen LogP contribution >= 0.6 is 0 Å². The zero-order valence-electron chi connectivity index (χ0n) is 13.5. The lowest BCUT2D eigenvalue weighted by Gasteiger charge is -2.39. The molecule has 0 bridgehead atoms. The van der Waals surface area contributed by atoms with E-state index in [4.69, 9.17) is 14.2 Å². The molecule has 1 fully saturated rings. The van der Waals surface area contributed by atoms with Gasteiger partial charge in [-0.15, -0.1) is 0 Å². The molecule has 0 saturated carbocycles. The fourth-order valence-corrected chi connectivity index (χ4v) is 2.49. The van der Waals surface area contributed by atoms with Gasteiger partial charge in [-0.05, 0) is 25.9 Å². The van der Waals surface area contributed by atoms with Crippen LogP contribution in [-0.4, -0.2) is 51.2 Å². The van der Waals surface area contributed by atoms with Crippen LogP contribution < -0.4 is 10.6 Å². The minimum absolute atomic E-state index is 0.0836. The first kappa shape index (κ1) is 18.4. The molecule has 0 radical (unpaired) electrons. The van der Waals surface area contributed by atoms with Gasteiger partial charge in [0, 0.05) is 19.4 Å². The summed E-state index contributed by atoms with van der Waals surface area (Å²) in [4.78, 5) is 22.6. The zero-order valence-corrected chi connectivity index (χ0v) is 13.5. The maximum Gasteiger partial charge on any atom is 0.407 e. The van der Waals surface area contributed by atoms with Gasteiger partial charge in [-0.3, -0.25) is 4.79 Å². The molecule has 0 aromatic rings. The number of ether oxygens (including phenoxy) is 3. The Morgan fingerprint density at radius 2 is 2.14 bits per heavy atom. The second kappa shape index (κ2) is 9.42. The summed E-state index contributed by atoms with van der Waals surface area (Å²) < 4.78 is 15.9. The Hall–Kier alpha value is -1.60. The molecule has 3 unspecified atom stereocenters. The van der Waals surface area contributed by atoms with E-state index in [0.717, 1.165) is 13.0 Å². The second-order valence-electron chi connectivity index (χ2n) is 5.42. The first-order chi connectivity index (χ1) is 10.5. The van der Waals surface area contributed by atoms with Crippen LogP contribution in [0.25, 0.3) is 0 Å². The largest absolute Gasteiger partial charge is 0.445 e. The van der Waals surface area contributed by atoms with Crippen molar-refractivity contribution in [3.8, 4) is 0 Å². The van der Waals surface area contributed by atoms with Crippen molar-refractivity contribution < 1.29 is 23.8 Å². The molecule has 1 saturated heterocycles. The van der Waals surface area contributed by atoms with Gasteiger partial charge in [0.1, 0.15) is 6.61 Å². The fourth-order valence-electron chi connectivity index (χ4n) is 2.49. The van der Waals surface area contributed by atoms with Crippen LogP contribution in [0.15, 0.2) is 12.7 Å². The molecule has 0 aromatic carbocycles. The summed E-state index contributed by atoms with van der Waals surface area (Å²) in [7, 11) is 1.88. The summed E-state index contributed by atoms with van der Waals surface area (Å²) >= 11 is 0. The molecule has 1 rings (SSSR count). The smallest absolute Gasteiger partial charge is 0.407 e. The van der Waals surface area contributed by atoms with Gasteiger partial charge in [-0.1, -0.05) is 19.6 Å². The van der Waals surface area contributed by atoms with Gasteiger partial charge in [0.05, 0.1) is 6.10 Å². The Kier molecular flexibility index (Phi) is 7.90. The van der Waals surface area contributed by atoms with Crippen molar-refractivity contribution >= 4 is 12.1 Å². The van der Waals surface area contributed by atoms with Gasteiger partial charge in [-0.25, -0.2) is 4.79 Å². The van der Waals surface area contributed by atoms with Crippen LogP contribution in [0.2, 0.25) is 0 Å². The van der Waals surface area contributed by atoms with Gasteiger partial charge >= 0.3 is 12.1 Å². The number of carbonyl (C=O) groups is 2. The van der Waals surface area contributed by atoms with Crippen LogP contribution in [0.3, 0.4) is 0 Å². The van der Waals surface area contributed by atoms with Gasteiger partial charge in [0.2, 0.25) is 6.29 Å². The van der Waals surface area contributed by atoms with Crippen molar-refractivity contribution in [2.45, 2.75) is 32.7 Å². The van der Waals surface area contributed by atoms with Crippen molar-refractivity contribution in [1.29, 1.82) is 0 Å². The lowest BCUT2D eigenvalue weighted by atomic mass is 9.85. The normalized spacial score (nSPS) is 27.8. The summed E-state index contributed by atoms with van der Waals surface area (Å²) in [5, 5.41) is 5.78. The molecular weight excluding hydrogens is 288 g/mol. The zero-order chi connectivity index (χ0) is 16.5. The first-order valence-electron chi connectivity index (χ1n) is 7.46. The number of rotatable bonds is 7. The van der Waals surface area contributed by atoms with Crippen LogP contribution in [0, 0.1) is 11.8 Å². The predicted octanol–water partition coefficient (Wildman–Crippen LogP) is 1.05. The Morgan fingerprint density at radius 1 is 1.41 bits per heavy atom. The Bertz CT molecular complexity index is 388. The fraction of sp³-hybridized carbons (Fsp3) is 0.733. The molecule has 0 aromatic heterocycles. The van der Waals surface area contributed by atoms with Gasteiger partial charge in [0.25, 0.3) is 0 Å². The number of hydrogen-bond donors (Lipinski definition) is 2. The molecule has 1 amide bonds. The predicted molar refractivity (Wildman–Crippen MR) is 81.2 cm³/mol. The van der Waals surface area contributed by atoms with E-state index in [1.807, 2.05) is 14.0 Å². The average Bonchev–Trinajstić information content (AvgIpc) is 2.47. The summed E-state index contributed by atoms with van der Waals surface area (Å²) in [5.74, 6) is -0.00141. The van der Waals surface area contributed by atoms with Crippen molar-refractivity contribution in [2.75, 3.05) is 26.7 Å². The minimum Gasteiger partial charge on any atom is -0.445 e. The summed E-state index contributed by atoms with van der Waals surface area (Å²) in [6.45, 7) is 8.09. The van der Waals surface area contributed by atoms with Crippen LogP contribution in [0.1, 0.15) is 20.3 Å². The third-order valence-corrected chi connectivity index (χ3v) is 3.62. The number of carbonyl (C=O) groups excluding carboxylic acids is 2. The first-order valence-corrected chi connectivity index (χ1v) is 7.46. The van der Waals surface area contributed by atoms with Gasteiger partial charge in [-0.2, -0.15) is 0 Å². The topological polar surface area (TPSA) is 85.9 Å². The Labute approximate surface area is 131 Å². The van der Waals surface area contributed by atoms with E-state index in [9.17, 15) is 9.59 Å². The standard InChI is InChI=1S/C15H26N2O5/c1-5-6-20-15(19)17-9-13-7-12(8-16-4)10(2)14(22-13)21-11(3)18/h5,10,12-14,16H,1,6-9H2,2-4H3,(H,17,19)/t10-,12?,13?,14?/m0/s1. The quantitative estimate of drug-likeness (QED) is 0.539. The summed E-state index contributed by atoms with van der Waals surface area (Å²) in [5.41, 5.74) is 0. The number of nitrogens with one attached hydrogen (secondary N) is 2. The molecule has 0 aliphatic carbocycles. The Balaban J connectivity index is 2.56. The third-order valence-electron chi connectivity index (χ3n) is 3.62. The molecule has 0 spiro atoms. The highest BCUT2D eigenvalue weighted by Gasteiger charge is 2.37. The number of hydrogen-bond acceptors (Lipinski definition) is 6. The Morgan fingerprint density at radius 3 is 2.73 bits per heavy atom. The van der Waals surface area contributed by atoms with Crippen LogP contribution in [0.5, 0.6) is 0 Å². The molecule has 4 atom stereocenters. The van der Waals surface area contributed by atoms with E-state index in [1.165, 1.54) is 13.0 Å².